The van der Waals surface area contributed by atoms with E-state index in [0.717, 1.165) is 23.0 Å². The van der Waals surface area contributed by atoms with Crippen molar-refractivity contribution in [3.05, 3.63) is 29.8 Å². The molecule has 1 aliphatic rings. The number of hydrogen-bond donors (Lipinski definition) is 1. The smallest absolute Gasteiger partial charge is 0.230 e. The van der Waals surface area contributed by atoms with Crippen LogP contribution in [0, 0.1) is 12.8 Å². The van der Waals surface area contributed by atoms with Gasteiger partial charge in [0.1, 0.15) is 0 Å². The number of rotatable bonds is 5. The summed E-state index contributed by atoms with van der Waals surface area (Å²) in [4.78, 5) is 12.3. The van der Waals surface area contributed by atoms with Crippen LogP contribution in [-0.4, -0.2) is 32.5 Å². The van der Waals surface area contributed by atoms with Gasteiger partial charge in [-0.25, -0.2) is 0 Å². The molecular weight excluding hydrogens is 332 g/mol. The lowest BCUT2D eigenvalue weighted by Gasteiger charge is -2.29. The van der Waals surface area contributed by atoms with E-state index >= 15 is 0 Å². The number of carbonyl (C=O) groups excluding carboxylic acids is 1. The van der Waals surface area contributed by atoms with Crippen molar-refractivity contribution in [1.29, 1.82) is 0 Å². The third-order valence-corrected chi connectivity index (χ3v) is 5.92. The molecule has 1 aromatic carbocycles. The number of carbonyl (C=O) groups is 1. The van der Waals surface area contributed by atoms with Crippen molar-refractivity contribution in [3.8, 4) is 11.4 Å². The van der Waals surface area contributed by atoms with E-state index in [1.807, 2.05) is 23.7 Å². The molecule has 1 heterocycles. The van der Waals surface area contributed by atoms with Crippen LogP contribution in [0.1, 0.15) is 38.2 Å². The summed E-state index contributed by atoms with van der Waals surface area (Å²) >= 11 is 1.44. The van der Waals surface area contributed by atoms with Crippen molar-refractivity contribution in [2.24, 2.45) is 13.0 Å². The van der Waals surface area contributed by atoms with Crippen molar-refractivity contribution in [3.63, 3.8) is 0 Å². The Morgan fingerprint density at radius 3 is 2.88 bits per heavy atom. The molecule has 1 aliphatic carbocycles. The Morgan fingerprint density at radius 1 is 1.32 bits per heavy atom. The number of thioether (sulfide) groups is 1. The maximum Gasteiger partial charge on any atom is 0.230 e. The fraction of sp³-hybridized carbons (Fsp3) is 0.526. The summed E-state index contributed by atoms with van der Waals surface area (Å²) in [5.74, 6) is 1.87. The van der Waals surface area contributed by atoms with E-state index in [-0.39, 0.29) is 5.91 Å². The molecule has 3 rings (SSSR count). The first-order chi connectivity index (χ1) is 12.0. The molecule has 1 aromatic heterocycles. The van der Waals surface area contributed by atoms with E-state index in [2.05, 4.69) is 41.5 Å². The van der Waals surface area contributed by atoms with E-state index < -0.39 is 0 Å². The molecule has 2 aromatic rings. The second kappa shape index (κ2) is 8.04. The first kappa shape index (κ1) is 18.0. The first-order valence-electron chi connectivity index (χ1n) is 8.93. The Morgan fingerprint density at radius 2 is 2.12 bits per heavy atom. The number of nitrogens with one attached hydrogen (secondary N) is 1. The molecule has 0 bridgehead atoms. The van der Waals surface area contributed by atoms with Crippen molar-refractivity contribution >= 4 is 17.7 Å². The predicted octanol–water partition coefficient (Wildman–Crippen LogP) is 3.58. The average molecular weight is 359 g/mol. The maximum atomic E-state index is 12.3. The molecule has 0 saturated heterocycles. The molecule has 134 valence electrons. The van der Waals surface area contributed by atoms with E-state index in [0.29, 0.717) is 17.7 Å². The number of hydrogen-bond acceptors (Lipinski definition) is 4. The third kappa shape index (κ3) is 4.42. The summed E-state index contributed by atoms with van der Waals surface area (Å²) in [6, 6.07) is 8.53. The van der Waals surface area contributed by atoms with Crippen LogP contribution in [0.5, 0.6) is 0 Å². The molecular formula is C19H26N4OS. The lowest BCUT2D eigenvalue weighted by atomic mass is 9.86. The Bertz CT molecular complexity index is 743. The van der Waals surface area contributed by atoms with Crippen LogP contribution in [0.15, 0.2) is 29.4 Å². The quantitative estimate of drug-likeness (QED) is 0.830. The molecule has 0 spiro atoms. The van der Waals surface area contributed by atoms with Crippen LogP contribution in [0.4, 0.5) is 0 Å². The second-order valence-electron chi connectivity index (χ2n) is 6.96. The maximum absolute atomic E-state index is 12.3. The molecule has 5 nitrogen and oxygen atoms in total. The molecule has 0 aliphatic heterocycles. The van der Waals surface area contributed by atoms with Crippen molar-refractivity contribution in [2.75, 3.05) is 5.75 Å². The molecule has 6 heteroatoms. The monoisotopic (exact) mass is 358 g/mol. The lowest BCUT2D eigenvalue weighted by Crippen LogP contribution is -2.41. The zero-order valence-electron chi connectivity index (χ0n) is 15.2. The Balaban J connectivity index is 1.59. The van der Waals surface area contributed by atoms with Gasteiger partial charge in [0.15, 0.2) is 11.0 Å². The SMILES string of the molecule is Cc1cccc(-c2nnc(SCC(=O)N[C@@H]3CCCC[C@@H]3C)n2C)c1. The highest BCUT2D eigenvalue weighted by Crippen LogP contribution is 2.25. The van der Waals surface area contributed by atoms with Crippen LogP contribution in [0.3, 0.4) is 0 Å². The van der Waals surface area contributed by atoms with E-state index in [9.17, 15) is 4.79 Å². The van der Waals surface area contributed by atoms with Gasteiger partial charge >= 0.3 is 0 Å². The number of nitrogens with zero attached hydrogens (tertiary/aromatic N) is 3. The Labute approximate surface area is 153 Å². The number of aromatic nitrogens is 3. The van der Waals surface area contributed by atoms with Gasteiger partial charge in [0.25, 0.3) is 0 Å². The van der Waals surface area contributed by atoms with Gasteiger partial charge in [-0.3, -0.25) is 4.79 Å². The minimum Gasteiger partial charge on any atom is -0.352 e. The summed E-state index contributed by atoms with van der Waals surface area (Å²) in [7, 11) is 1.95. The summed E-state index contributed by atoms with van der Waals surface area (Å²) in [6.45, 7) is 4.29. The zero-order chi connectivity index (χ0) is 17.8. The van der Waals surface area contributed by atoms with E-state index in [1.165, 1.54) is 36.6 Å². The molecule has 0 unspecified atom stereocenters. The minimum atomic E-state index is 0.0869. The number of amides is 1. The van der Waals surface area contributed by atoms with Crippen LogP contribution in [0.25, 0.3) is 11.4 Å². The van der Waals surface area contributed by atoms with Crippen LogP contribution in [-0.2, 0) is 11.8 Å². The summed E-state index contributed by atoms with van der Waals surface area (Å²) in [6.07, 6.45) is 4.80. The lowest BCUT2D eigenvalue weighted by molar-refractivity contribution is -0.119. The Hall–Kier alpha value is -1.82. The average Bonchev–Trinajstić information content (AvgIpc) is 2.96. The summed E-state index contributed by atoms with van der Waals surface area (Å²) < 4.78 is 1.95. The highest BCUT2D eigenvalue weighted by molar-refractivity contribution is 7.99. The van der Waals surface area contributed by atoms with Crippen molar-refractivity contribution < 1.29 is 4.79 Å². The molecule has 1 saturated carbocycles. The van der Waals surface area contributed by atoms with Gasteiger partial charge in [-0.15, -0.1) is 10.2 Å². The van der Waals surface area contributed by atoms with Gasteiger partial charge in [-0.2, -0.15) is 0 Å². The molecule has 1 fully saturated rings. The van der Waals surface area contributed by atoms with Gasteiger partial charge in [0.2, 0.25) is 5.91 Å². The zero-order valence-corrected chi connectivity index (χ0v) is 16.0. The summed E-state index contributed by atoms with van der Waals surface area (Å²) in [5, 5.41) is 12.5. The van der Waals surface area contributed by atoms with E-state index in [4.69, 9.17) is 0 Å². The van der Waals surface area contributed by atoms with E-state index in [1.54, 1.807) is 0 Å². The van der Waals surface area contributed by atoms with Crippen LogP contribution in [0.2, 0.25) is 0 Å². The fourth-order valence-corrected chi connectivity index (χ4v) is 4.11. The van der Waals surface area contributed by atoms with Crippen LogP contribution >= 0.6 is 11.8 Å². The topological polar surface area (TPSA) is 59.8 Å². The van der Waals surface area contributed by atoms with Gasteiger partial charge in [0, 0.05) is 18.7 Å². The van der Waals surface area contributed by atoms with Gasteiger partial charge < -0.3 is 9.88 Å². The van der Waals surface area contributed by atoms with Gasteiger partial charge in [0.05, 0.1) is 5.75 Å². The van der Waals surface area contributed by atoms with Crippen LogP contribution < -0.4 is 5.32 Å². The minimum absolute atomic E-state index is 0.0869. The molecule has 1 amide bonds. The normalized spacial score (nSPS) is 20.4. The molecule has 1 N–H and O–H groups in total. The molecule has 0 radical (unpaired) electrons. The summed E-state index contributed by atoms with van der Waals surface area (Å²) in [5.41, 5.74) is 2.23. The first-order valence-corrected chi connectivity index (χ1v) is 9.91. The second-order valence-corrected chi connectivity index (χ2v) is 7.90. The fourth-order valence-electron chi connectivity index (χ4n) is 3.39. The van der Waals surface area contributed by atoms with Crippen molar-refractivity contribution in [1.82, 2.24) is 20.1 Å². The largest absolute Gasteiger partial charge is 0.352 e. The highest BCUT2D eigenvalue weighted by atomic mass is 32.2. The molecule has 25 heavy (non-hydrogen) atoms. The predicted molar refractivity (Wildman–Crippen MR) is 101 cm³/mol. The number of aryl methyl sites for hydroxylation is 1. The third-order valence-electron chi connectivity index (χ3n) is 4.90. The molecule has 2 atom stereocenters. The van der Waals surface area contributed by atoms with Gasteiger partial charge in [-0.05, 0) is 31.7 Å². The standard InChI is InChI=1S/C19H26N4OS/c1-13-7-6-9-15(11-13)18-21-22-19(23(18)3)25-12-17(24)20-16-10-5-4-8-14(16)2/h6-7,9,11,14,16H,4-5,8,10,12H2,1-3H3,(H,20,24)/t14-,16+/m0/s1. The number of benzene rings is 1. The van der Waals surface area contributed by atoms with Gasteiger partial charge in [-0.1, -0.05) is 55.3 Å². The highest BCUT2D eigenvalue weighted by Gasteiger charge is 2.23. The Kier molecular flexibility index (Phi) is 5.78. The van der Waals surface area contributed by atoms with Crippen molar-refractivity contribution in [2.45, 2.75) is 50.7 Å².